The van der Waals surface area contributed by atoms with Gasteiger partial charge >= 0.3 is 0 Å². The Hall–Kier alpha value is -2.14. The molecule has 0 aliphatic carbocycles. The number of carbonyl (C=O) groups is 1. The first kappa shape index (κ1) is 12.9. The van der Waals surface area contributed by atoms with Crippen molar-refractivity contribution in [1.82, 2.24) is 15.5 Å². The maximum atomic E-state index is 12.1. The van der Waals surface area contributed by atoms with Crippen LogP contribution in [-0.4, -0.2) is 29.2 Å². The van der Waals surface area contributed by atoms with Gasteiger partial charge in [-0.25, -0.2) is 0 Å². The Morgan fingerprint density at radius 1 is 1.25 bits per heavy atom. The van der Waals surface area contributed by atoms with Crippen LogP contribution in [0.3, 0.4) is 0 Å². The van der Waals surface area contributed by atoms with Gasteiger partial charge in [-0.15, -0.1) is 0 Å². The zero-order valence-electron chi connectivity index (χ0n) is 11.2. The van der Waals surface area contributed by atoms with Gasteiger partial charge < -0.3 is 10.6 Å². The van der Waals surface area contributed by atoms with Crippen LogP contribution >= 0.6 is 0 Å². The molecule has 2 heterocycles. The Morgan fingerprint density at radius 3 is 2.75 bits per heavy atom. The topological polar surface area (TPSA) is 69.8 Å². The highest BCUT2D eigenvalue weighted by Gasteiger charge is 2.20. The van der Waals surface area contributed by atoms with Crippen molar-refractivity contribution >= 4 is 11.6 Å². The fraction of sp³-hybridized carbons (Fsp3) is 0.333. The number of hydrogen-bond donors (Lipinski definition) is 3. The number of amides is 1. The van der Waals surface area contributed by atoms with Crippen LogP contribution in [0, 0.1) is 5.92 Å². The summed E-state index contributed by atoms with van der Waals surface area (Å²) in [4.78, 5) is 12.1. The lowest BCUT2D eigenvalue weighted by molar-refractivity contribution is -0.120. The average Bonchev–Trinajstić information content (AvgIpc) is 3.03. The summed E-state index contributed by atoms with van der Waals surface area (Å²) in [6.45, 7) is 1.79. The van der Waals surface area contributed by atoms with Crippen molar-refractivity contribution in [1.29, 1.82) is 0 Å². The number of nitrogens with one attached hydrogen (secondary N) is 3. The van der Waals surface area contributed by atoms with E-state index < -0.39 is 0 Å². The summed E-state index contributed by atoms with van der Waals surface area (Å²) in [6.07, 6.45) is 3.75. The number of hydrogen-bond acceptors (Lipinski definition) is 3. The molecular formula is C15H18N4O. The molecule has 5 nitrogen and oxygen atoms in total. The van der Waals surface area contributed by atoms with Crippen LogP contribution in [-0.2, 0) is 4.79 Å². The number of anilines is 1. The zero-order valence-corrected chi connectivity index (χ0v) is 11.2. The summed E-state index contributed by atoms with van der Waals surface area (Å²) in [5, 5.41) is 13.1. The molecule has 0 bridgehead atoms. The van der Waals surface area contributed by atoms with E-state index in [4.69, 9.17) is 0 Å². The third kappa shape index (κ3) is 2.88. The number of aromatic nitrogens is 2. The summed E-state index contributed by atoms with van der Waals surface area (Å²) >= 11 is 0. The number of carbonyl (C=O) groups excluding carboxylic acids is 1. The fourth-order valence-corrected chi connectivity index (χ4v) is 2.47. The van der Waals surface area contributed by atoms with E-state index in [1.54, 1.807) is 6.20 Å². The molecule has 1 aromatic carbocycles. The summed E-state index contributed by atoms with van der Waals surface area (Å²) in [5.41, 5.74) is 2.86. The molecule has 1 fully saturated rings. The predicted molar refractivity (Wildman–Crippen MR) is 78.2 cm³/mol. The van der Waals surface area contributed by atoms with Gasteiger partial charge in [0.25, 0.3) is 0 Å². The van der Waals surface area contributed by atoms with Crippen molar-refractivity contribution in [3.8, 4) is 11.3 Å². The number of aromatic amines is 1. The van der Waals surface area contributed by atoms with Crippen LogP contribution in [0.5, 0.6) is 0 Å². The minimum atomic E-state index is 0.0797. The largest absolute Gasteiger partial charge is 0.326 e. The van der Waals surface area contributed by atoms with Gasteiger partial charge in [0, 0.05) is 18.4 Å². The Kier molecular flexibility index (Phi) is 3.78. The van der Waals surface area contributed by atoms with Crippen LogP contribution in [0.2, 0.25) is 0 Å². The zero-order chi connectivity index (χ0) is 13.8. The molecule has 20 heavy (non-hydrogen) atoms. The summed E-state index contributed by atoms with van der Waals surface area (Å²) < 4.78 is 0. The molecule has 0 saturated carbocycles. The van der Waals surface area contributed by atoms with E-state index in [0.717, 1.165) is 42.9 Å². The second-order valence-corrected chi connectivity index (χ2v) is 5.08. The highest BCUT2D eigenvalue weighted by molar-refractivity contribution is 5.93. The maximum absolute atomic E-state index is 12.1. The van der Waals surface area contributed by atoms with Crippen molar-refractivity contribution in [2.75, 3.05) is 18.4 Å². The van der Waals surface area contributed by atoms with E-state index in [2.05, 4.69) is 20.8 Å². The lowest BCUT2D eigenvalue weighted by atomic mass is 9.99. The second-order valence-electron chi connectivity index (χ2n) is 5.08. The number of benzene rings is 1. The van der Waals surface area contributed by atoms with Gasteiger partial charge in [-0.05, 0) is 43.1 Å². The Balaban J connectivity index is 1.64. The molecule has 1 saturated heterocycles. The number of rotatable bonds is 3. The van der Waals surface area contributed by atoms with E-state index in [9.17, 15) is 4.79 Å². The van der Waals surface area contributed by atoms with Gasteiger partial charge in [0.2, 0.25) is 5.91 Å². The Morgan fingerprint density at radius 2 is 2.10 bits per heavy atom. The standard InChI is InChI=1S/C15H18N4O/c20-15(12-2-1-8-16-10-12)18-13-5-3-11(4-6-13)14-7-9-17-19-14/h3-7,9,12,16H,1-2,8,10H2,(H,17,19)(H,18,20)/t12-/m1/s1. The minimum Gasteiger partial charge on any atom is -0.326 e. The Labute approximate surface area is 117 Å². The van der Waals surface area contributed by atoms with Crippen molar-refractivity contribution in [2.45, 2.75) is 12.8 Å². The predicted octanol–water partition coefficient (Wildman–Crippen LogP) is 2.01. The van der Waals surface area contributed by atoms with Gasteiger partial charge in [0.15, 0.2) is 0 Å². The molecule has 1 atom stereocenters. The molecule has 104 valence electrons. The van der Waals surface area contributed by atoms with E-state index >= 15 is 0 Å². The molecule has 0 radical (unpaired) electrons. The van der Waals surface area contributed by atoms with Gasteiger partial charge in [0.05, 0.1) is 11.6 Å². The molecule has 3 rings (SSSR count). The fourth-order valence-electron chi connectivity index (χ4n) is 2.47. The molecule has 5 heteroatoms. The van der Waals surface area contributed by atoms with Crippen molar-refractivity contribution in [2.24, 2.45) is 5.92 Å². The smallest absolute Gasteiger partial charge is 0.228 e. The van der Waals surface area contributed by atoms with Crippen molar-refractivity contribution in [3.05, 3.63) is 36.5 Å². The monoisotopic (exact) mass is 270 g/mol. The normalized spacial score (nSPS) is 18.7. The molecule has 3 N–H and O–H groups in total. The molecule has 2 aromatic rings. The van der Waals surface area contributed by atoms with E-state index in [-0.39, 0.29) is 11.8 Å². The highest BCUT2D eigenvalue weighted by Crippen LogP contribution is 2.20. The van der Waals surface area contributed by atoms with Gasteiger partial charge in [-0.1, -0.05) is 12.1 Å². The van der Waals surface area contributed by atoms with Crippen molar-refractivity contribution in [3.63, 3.8) is 0 Å². The number of nitrogens with zero attached hydrogens (tertiary/aromatic N) is 1. The maximum Gasteiger partial charge on any atom is 0.228 e. The van der Waals surface area contributed by atoms with Crippen LogP contribution in [0.4, 0.5) is 5.69 Å². The van der Waals surface area contributed by atoms with Gasteiger partial charge in [0.1, 0.15) is 0 Å². The molecule has 0 unspecified atom stereocenters. The third-order valence-electron chi connectivity index (χ3n) is 3.63. The second kappa shape index (κ2) is 5.88. The summed E-state index contributed by atoms with van der Waals surface area (Å²) in [5.74, 6) is 0.183. The minimum absolute atomic E-state index is 0.0797. The van der Waals surface area contributed by atoms with Crippen LogP contribution < -0.4 is 10.6 Å². The lowest BCUT2D eigenvalue weighted by Crippen LogP contribution is -2.37. The quantitative estimate of drug-likeness (QED) is 0.799. The molecule has 1 amide bonds. The number of H-pyrrole nitrogens is 1. The Bertz CT molecular complexity index is 556. The number of piperidine rings is 1. The first-order valence-electron chi connectivity index (χ1n) is 6.94. The third-order valence-corrected chi connectivity index (χ3v) is 3.63. The van der Waals surface area contributed by atoms with Gasteiger partial charge in [-0.3, -0.25) is 9.89 Å². The average molecular weight is 270 g/mol. The van der Waals surface area contributed by atoms with E-state index in [0.29, 0.717) is 0 Å². The lowest BCUT2D eigenvalue weighted by Gasteiger charge is -2.21. The summed E-state index contributed by atoms with van der Waals surface area (Å²) in [6, 6.07) is 9.71. The highest BCUT2D eigenvalue weighted by atomic mass is 16.1. The first-order valence-corrected chi connectivity index (χ1v) is 6.94. The van der Waals surface area contributed by atoms with Crippen LogP contribution in [0.15, 0.2) is 36.5 Å². The molecule has 1 aliphatic rings. The van der Waals surface area contributed by atoms with Gasteiger partial charge in [-0.2, -0.15) is 5.10 Å². The first-order chi connectivity index (χ1) is 9.83. The molecule has 1 aliphatic heterocycles. The van der Waals surface area contributed by atoms with Crippen LogP contribution in [0.1, 0.15) is 12.8 Å². The SMILES string of the molecule is O=C(Nc1ccc(-c2ccn[nH]2)cc1)[C@@H]1CCCNC1. The summed E-state index contributed by atoms with van der Waals surface area (Å²) in [7, 11) is 0. The molecule has 0 spiro atoms. The molecule has 1 aromatic heterocycles. The molecular weight excluding hydrogens is 252 g/mol. The van der Waals surface area contributed by atoms with E-state index in [1.165, 1.54) is 0 Å². The van der Waals surface area contributed by atoms with Crippen molar-refractivity contribution < 1.29 is 4.79 Å². The van der Waals surface area contributed by atoms with Crippen LogP contribution in [0.25, 0.3) is 11.3 Å². The van der Waals surface area contributed by atoms with E-state index in [1.807, 2.05) is 30.3 Å².